The summed E-state index contributed by atoms with van der Waals surface area (Å²) >= 11 is 0. The van der Waals surface area contributed by atoms with Gasteiger partial charge >= 0.3 is 0 Å². The molecule has 3 aromatic rings. The fraction of sp³-hybridized carbons (Fsp3) is 0.125. The molecule has 2 N–H and O–H groups in total. The Bertz CT molecular complexity index is 737. The second-order valence-electron chi connectivity index (χ2n) is 4.68. The van der Waals surface area contributed by atoms with Crippen LogP contribution in [0.2, 0.25) is 0 Å². The SMILES string of the molecule is NC(COc1ccc(F)cc1F)c1cc2ccccc2o1. The van der Waals surface area contributed by atoms with Crippen LogP contribution in [0, 0.1) is 11.6 Å². The van der Waals surface area contributed by atoms with Crippen LogP contribution in [-0.2, 0) is 0 Å². The second kappa shape index (κ2) is 5.54. The average Bonchev–Trinajstić information content (AvgIpc) is 2.90. The minimum atomic E-state index is -0.758. The van der Waals surface area contributed by atoms with Crippen molar-refractivity contribution in [3.63, 3.8) is 0 Å². The average molecular weight is 289 g/mol. The minimum absolute atomic E-state index is 0.0301. The fourth-order valence-electron chi connectivity index (χ4n) is 2.04. The number of para-hydroxylation sites is 1. The molecule has 3 rings (SSSR count). The van der Waals surface area contributed by atoms with E-state index >= 15 is 0 Å². The van der Waals surface area contributed by atoms with Crippen molar-refractivity contribution in [2.45, 2.75) is 6.04 Å². The van der Waals surface area contributed by atoms with Gasteiger partial charge in [-0.1, -0.05) is 18.2 Å². The first-order chi connectivity index (χ1) is 10.1. The van der Waals surface area contributed by atoms with Crippen LogP contribution in [0.25, 0.3) is 11.0 Å². The summed E-state index contributed by atoms with van der Waals surface area (Å²) in [7, 11) is 0. The lowest BCUT2D eigenvalue weighted by molar-refractivity contribution is 0.263. The number of ether oxygens (including phenoxy) is 1. The zero-order valence-corrected chi connectivity index (χ0v) is 11.1. The van der Waals surface area contributed by atoms with Gasteiger partial charge in [-0.2, -0.15) is 0 Å². The van der Waals surface area contributed by atoms with Crippen LogP contribution in [0.4, 0.5) is 8.78 Å². The van der Waals surface area contributed by atoms with Gasteiger partial charge in [-0.25, -0.2) is 8.78 Å². The molecule has 0 saturated heterocycles. The molecule has 1 unspecified atom stereocenters. The number of rotatable bonds is 4. The first-order valence-corrected chi connectivity index (χ1v) is 6.45. The van der Waals surface area contributed by atoms with Gasteiger partial charge in [0, 0.05) is 11.5 Å². The molecule has 0 bridgehead atoms. The number of halogens is 2. The summed E-state index contributed by atoms with van der Waals surface area (Å²) in [6.07, 6.45) is 0. The molecule has 0 aliphatic rings. The van der Waals surface area contributed by atoms with Gasteiger partial charge < -0.3 is 14.9 Å². The van der Waals surface area contributed by atoms with Crippen LogP contribution in [0.15, 0.2) is 52.9 Å². The van der Waals surface area contributed by atoms with Crippen molar-refractivity contribution < 1.29 is 17.9 Å². The topological polar surface area (TPSA) is 48.4 Å². The Morgan fingerprint density at radius 3 is 2.67 bits per heavy atom. The molecule has 0 aliphatic heterocycles. The van der Waals surface area contributed by atoms with E-state index in [4.69, 9.17) is 14.9 Å². The number of hydrogen-bond donors (Lipinski definition) is 1. The molecule has 21 heavy (non-hydrogen) atoms. The van der Waals surface area contributed by atoms with Gasteiger partial charge in [0.2, 0.25) is 0 Å². The lowest BCUT2D eigenvalue weighted by atomic mass is 10.2. The third-order valence-electron chi connectivity index (χ3n) is 3.12. The van der Waals surface area contributed by atoms with Crippen LogP contribution < -0.4 is 10.5 Å². The number of benzene rings is 2. The number of fused-ring (bicyclic) bond motifs is 1. The van der Waals surface area contributed by atoms with E-state index in [1.54, 1.807) is 0 Å². The van der Waals surface area contributed by atoms with Gasteiger partial charge in [-0.05, 0) is 24.3 Å². The zero-order valence-electron chi connectivity index (χ0n) is 11.1. The Labute approximate surface area is 119 Å². The molecule has 0 spiro atoms. The molecule has 1 heterocycles. The highest BCUT2D eigenvalue weighted by Gasteiger charge is 2.14. The number of furan rings is 1. The zero-order chi connectivity index (χ0) is 14.8. The summed E-state index contributed by atoms with van der Waals surface area (Å²) in [5, 5.41) is 0.941. The normalized spacial score (nSPS) is 12.5. The minimum Gasteiger partial charge on any atom is -0.488 e. The molecular formula is C16H13F2NO2. The standard InChI is InChI=1S/C16H13F2NO2/c17-11-5-6-15(12(18)8-11)20-9-13(19)16-7-10-3-1-2-4-14(10)21-16/h1-8,13H,9,19H2. The molecule has 0 radical (unpaired) electrons. The molecule has 108 valence electrons. The summed E-state index contributed by atoms with van der Waals surface area (Å²) in [5.41, 5.74) is 6.70. The van der Waals surface area contributed by atoms with Crippen molar-refractivity contribution in [1.29, 1.82) is 0 Å². The molecule has 0 amide bonds. The van der Waals surface area contributed by atoms with Crippen LogP contribution in [-0.4, -0.2) is 6.61 Å². The van der Waals surface area contributed by atoms with Gasteiger partial charge in [-0.15, -0.1) is 0 Å². The van der Waals surface area contributed by atoms with E-state index < -0.39 is 17.7 Å². The van der Waals surface area contributed by atoms with E-state index in [0.29, 0.717) is 5.76 Å². The summed E-state index contributed by atoms with van der Waals surface area (Å²) in [4.78, 5) is 0. The second-order valence-corrected chi connectivity index (χ2v) is 4.68. The molecule has 0 saturated carbocycles. The molecular weight excluding hydrogens is 276 g/mol. The lowest BCUT2D eigenvalue weighted by Gasteiger charge is -2.11. The van der Waals surface area contributed by atoms with Gasteiger partial charge in [0.1, 0.15) is 23.8 Å². The third kappa shape index (κ3) is 2.87. The summed E-state index contributed by atoms with van der Waals surface area (Å²) in [6.45, 7) is 0.0301. The first-order valence-electron chi connectivity index (χ1n) is 6.45. The summed E-state index contributed by atoms with van der Waals surface area (Å²) in [6, 6.07) is 11.9. The predicted molar refractivity (Wildman–Crippen MR) is 75.0 cm³/mol. The molecule has 0 aliphatic carbocycles. The summed E-state index contributed by atoms with van der Waals surface area (Å²) < 4.78 is 37.1. The third-order valence-corrected chi connectivity index (χ3v) is 3.12. The Kier molecular flexibility index (Phi) is 3.58. The van der Waals surface area contributed by atoms with Gasteiger partial charge in [-0.3, -0.25) is 0 Å². The van der Waals surface area contributed by atoms with E-state index in [-0.39, 0.29) is 12.4 Å². The van der Waals surface area contributed by atoms with Crippen LogP contribution in [0.3, 0.4) is 0 Å². The van der Waals surface area contributed by atoms with E-state index in [0.717, 1.165) is 23.1 Å². The van der Waals surface area contributed by atoms with Crippen molar-refractivity contribution in [1.82, 2.24) is 0 Å². The first kappa shape index (κ1) is 13.6. The van der Waals surface area contributed by atoms with Crippen molar-refractivity contribution >= 4 is 11.0 Å². The Morgan fingerprint density at radius 2 is 1.90 bits per heavy atom. The highest BCUT2D eigenvalue weighted by atomic mass is 19.1. The van der Waals surface area contributed by atoms with Crippen LogP contribution in [0.5, 0.6) is 5.75 Å². The Morgan fingerprint density at radius 1 is 1.10 bits per heavy atom. The van der Waals surface area contributed by atoms with Crippen LogP contribution >= 0.6 is 0 Å². The number of nitrogens with two attached hydrogens (primary N) is 1. The summed E-state index contributed by atoms with van der Waals surface area (Å²) in [5.74, 6) is -0.894. The Balaban J connectivity index is 1.72. The van der Waals surface area contributed by atoms with Crippen LogP contribution in [0.1, 0.15) is 11.8 Å². The van der Waals surface area contributed by atoms with E-state index in [1.165, 1.54) is 6.07 Å². The number of hydrogen-bond acceptors (Lipinski definition) is 3. The highest BCUT2D eigenvalue weighted by Crippen LogP contribution is 2.24. The highest BCUT2D eigenvalue weighted by molar-refractivity contribution is 5.77. The quantitative estimate of drug-likeness (QED) is 0.795. The smallest absolute Gasteiger partial charge is 0.167 e. The van der Waals surface area contributed by atoms with Gasteiger partial charge in [0.25, 0.3) is 0 Å². The lowest BCUT2D eigenvalue weighted by Crippen LogP contribution is -2.18. The van der Waals surface area contributed by atoms with Crippen molar-refractivity contribution in [2.24, 2.45) is 5.73 Å². The molecule has 0 fully saturated rings. The van der Waals surface area contributed by atoms with Gasteiger partial charge in [0.15, 0.2) is 11.6 Å². The van der Waals surface area contributed by atoms with E-state index in [2.05, 4.69) is 0 Å². The van der Waals surface area contributed by atoms with Gasteiger partial charge in [0.05, 0.1) is 6.04 Å². The molecule has 5 heteroatoms. The Hall–Kier alpha value is -2.40. The molecule has 1 atom stereocenters. The monoisotopic (exact) mass is 289 g/mol. The van der Waals surface area contributed by atoms with Crippen molar-refractivity contribution in [3.05, 3.63) is 65.9 Å². The van der Waals surface area contributed by atoms with Crippen molar-refractivity contribution in [2.75, 3.05) is 6.61 Å². The molecule has 1 aromatic heterocycles. The molecule has 2 aromatic carbocycles. The van der Waals surface area contributed by atoms with Crippen molar-refractivity contribution in [3.8, 4) is 5.75 Å². The largest absolute Gasteiger partial charge is 0.488 e. The maximum absolute atomic E-state index is 13.4. The predicted octanol–water partition coefficient (Wildman–Crippen LogP) is 3.79. The molecule has 3 nitrogen and oxygen atoms in total. The van der Waals surface area contributed by atoms with E-state index in [1.807, 2.05) is 30.3 Å². The maximum Gasteiger partial charge on any atom is 0.167 e. The fourth-order valence-corrected chi connectivity index (χ4v) is 2.04. The maximum atomic E-state index is 13.4. The van der Waals surface area contributed by atoms with E-state index in [9.17, 15) is 8.78 Å².